The van der Waals surface area contributed by atoms with Crippen molar-refractivity contribution in [3.8, 4) is 5.75 Å². The number of piperazine rings is 1. The lowest BCUT2D eigenvalue weighted by atomic mass is 10.1. The van der Waals surface area contributed by atoms with E-state index in [9.17, 15) is 18.3 Å². The van der Waals surface area contributed by atoms with Crippen molar-refractivity contribution in [2.24, 2.45) is 0 Å². The lowest BCUT2D eigenvalue weighted by Crippen LogP contribution is -2.50. The Morgan fingerprint density at radius 3 is 2.41 bits per heavy atom. The van der Waals surface area contributed by atoms with Crippen LogP contribution in [0.25, 0.3) is 0 Å². The zero-order chi connectivity index (χ0) is 20.4. The van der Waals surface area contributed by atoms with Crippen LogP contribution in [0.1, 0.15) is 17.5 Å². The maximum absolute atomic E-state index is 12.3. The SMILES string of the molecule is O=c1occ(CN2CCSCC2)c(O)c1CN1CCN(C2CCS(=O)(=O)C2)CC1. The molecule has 4 heterocycles. The molecule has 0 radical (unpaired) electrons. The molecule has 4 rings (SSSR count). The molecule has 3 aliphatic rings. The Kier molecular flexibility index (Phi) is 6.55. The first-order valence-electron chi connectivity index (χ1n) is 10.2. The van der Waals surface area contributed by atoms with E-state index in [0.29, 0.717) is 30.6 Å². The molecule has 3 fully saturated rings. The molecule has 1 atom stereocenters. The van der Waals surface area contributed by atoms with Crippen molar-refractivity contribution in [3.63, 3.8) is 0 Å². The van der Waals surface area contributed by atoms with Gasteiger partial charge in [0.15, 0.2) is 9.84 Å². The highest BCUT2D eigenvalue weighted by atomic mass is 32.2. The van der Waals surface area contributed by atoms with Crippen molar-refractivity contribution in [1.29, 1.82) is 0 Å². The Bertz CT molecular complexity index is 874. The summed E-state index contributed by atoms with van der Waals surface area (Å²) < 4.78 is 28.7. The minimum atomic E-state index is -2.88. The first kappa shape index (κ1) is 21.2. The predicted octanol–water partition coefficient (Wildman–Crippen LogP) is 0.199. The molecule has 0 amide bonds. The van der Waals surface area contributed by atoms with Gasteiger partial charge in [0.1, 0.15) is 12.0 Å². The lowest BCUT2D eigenvalue weighted by Gasteiger charge is -2.37. The first-order valence-corrected chi connectivity index (χ1v) is 13.2. The quantitative estimate of drug-likeness (QED) is 0.685. The van der Waals surface area contributed by atoms with Gasteiger partial charge in [0, 0.05) is 75.5 Å². The second-order valence-corrected chi connectivity index (χ2v) is 11.6. The van der Waals surface area contributed by atoms with Crippen LogP contribution in [0.5, 0.6) is 5.75 Å². The van der Waals surface area contributed by atoms with E-state index in [1.807, 2.05) is 11.8 Å². The molecule has 3 aliphatic heterocycles. The molecule has 29 heavy (non-hydrogen) atoms. The third kappa shape index (κ3) is 5.16. The average molecular weight is 444 g/mol. The molecule has 3 saturated heterocycles. The van der Waals surface area contributed by atoms with Crippen molar-refractivity contribution >= 4 is 21.6 Å². The largest absolute Gasteiger partial charge is 0.507 e. The topological polar surface area (TPSA) is 94.3 Å². The molecule has 1 unspecified atom stereocenters. The molecule has 1 aromatic rings. The summed E-state index contributed by atoms with van der Waals surface area (Å²) in [7, 11) is -2.88. The Hall–Kier alpha value is -1.07. The van der Waals surface area contributed by atoms with Crippen LogP contribution in [-0.4, -0.2) is 96.5 Å². The zero-order valence-electron chi connectivity index (χ0n) is 16.6. The third-order valence-electron chi connectivity index (χ3n) is 6.16. The molecular weight excluding hydrogens is 414 g/mol. The summed E-state index contributed by atoms with van der Waals surface area (Å²) in [5, 5.41) is 10.7. The van der Waals surface area contributed by atoms with Gasteiger partial charge in [-0.05, 0) is 6.42 Å². The molecule has 1 N–H and O–H groups in total. The highest BCUT2D eigenvalue weighted by Crippen LogP contribution is 2.25. The summed E-state index contributed by atoms with van der Waals surface area (Å²) in [4.78, 5) is 18.9. The molecule has 0 aromatic carbocycles. The normalized spacial score (nSPS) is 26.7. The summed E-state index contributed by atoms with van der Waals surface area (Å²) in [6.45, 7) is 5.91. The maximum atomic E-state index is 12.3. The Balaban J connectivity index is 1.37. The molecule has 0 aliphatic carbocycles. The van der Waals surface area contributed by atoms with Crippen molar-refractivity contribution in [2.45, 2.75) is 25.6 Å². The van der Waals surface area contributed by atoms with Gasteiger partial charge >= 0.3 is 5.63 Å². The van der Waals surface area contributed by atoms with Gasteiger partial charge in [-0.15, -0.1) is 0 Å². The Morgan fingerprint density at radius 2 is 1.76 bits per heavy atom. The lowest BCUT2D eigenvalue weighted by molar-refractivity contribution is 0.0986. The van der Waals surface area contributed by atoms with Crippen LogP contribution in [0.2, 0.25) is 0 Å². The van der Waals surface area contributed by atoms with E-state index in [1.54, 1.807) is 0 Å². The van der Waals surface area contributed by atoms with Crippen LogP contribution in [0, 0.1) is 0 Å². The smallest absolute Gasteiger partial charge is 0.343 e. The van der Waals surface area contributed by atoms with E-state index in [2.05, 4.69) is 14.7 Å². The molecular formula is C19H29N3O5S2. The standard InChI is InChI=1S/C19H29N3O5S2/c23-18-15(11-21-6-8-28-9-7-21)13-27-19(24)17(18)12-20-2-4-22(5-3-20)16-1-10-29(25,26)14-16/h13,16,23H,1-12,14H2. The van der Waals surface area contributed by atoms with Crippen LogP contribution in [0.3, 0.4) is 0 Å². The summed E-state index contributed by atoms with van der Waals surface area (Å²) in [6.07, 6.45) is 2.10. The zero-order valence-corrected chi connectivity index (χ0v) is 18.2. The van der Waals surface area contributed by atoms with E-state index >= 15 is 0 Å². The van der Waals surface area contributed by atoms with E-state index in [1.165, 1.54) is 6.26 Å². The molecule has 10 heteroatoms. The Labute approximate surface area is 175 Å². The van der Waals surface area contributed by atoms with Crippen molar-refractivity contribution in [3.05, 3.63) is 27.8 Å². The van der Waals surface area contributed by atoms with E-state index < -0.39 is 15.5 Å². The van der Waals surface area contributed by atoms with Crippen LogP contribution in [0.4, 0.5) is 0 Å². The summed E-state index contributed by atoms with van der Waals surface area (Å²) in [5.74, 6) is 2.77. The number of nitrogens with zero attached hydrogens (tertiary/aromatic N) is 3. The third-order valence-corrected chi connectivity index (χ3v) is 8.85. The number of thioether (sulfide) groups is 1. The van der Waals surface area contributed by atoms with Gasteiger partial charge in [-0.2, -0.15) is 11.8 Å². The first-order chi connectivity index (χ1) is 13.9. The molecule has 0 bridgehead atoms. The second kappa shape index (κ2) is 8.97. The maximum Gasteiger partial charge on any atom is 0.343 e. The van der Waals surface area contributed by atoms with Crippen LogP contribution in [-0.2, 0) is 22.9 Å². The van der Waals surface area contributed by atoms with Crippen molar-refractivity contribution in [1.82, 2.24) is 14.7 Å². The summed E-state index contributed by atoms with van der Waals surface area (Å²) >= 11 is 1.93. The van der Waals surface area contributed by atoms with Gasteiger partial charge in [-0.3, -0.25) is 14.7 Å². The van der Waals surface area contributed by atoms with Crippen molar-refractivity contribution in [2.75, 3.05) is 62.3 Å². The minimum Gasteiger partial charge on any atom is -0.507 e. The van der Waals surface area contributed by atoms with E-state index in [4.69, 9.17) is 4.42 Å². The summed E-state index contributed by atoms with van der Waals surface area (Å²) in [6, 6.07) is 0.117. The minimum absolute atomic E-state index is 0.0591. The Morgan fingerprint density at radius 1 is 1.07 bits per heavy atom. The highest BCUT2D eigenvalue weighted by molar-refractivity contribution is 7.99. The van der Waals surface area contributed by atoms with Crippen LogP contribution in [0.15, 0.2) is 15.5 Å². The molecule has 0 saturated carbocycles. The predicted molar refractivity (Wildman–Crippen MR) is 113 cm³/mol. The number of aromatic hydroxyl groups is 1. The highest BCUT2D eigenvalue weighted by Gasteiger charge is 2.34. The van der Waals surface area contributed by atoms with Crippen LogP contribution < -0.4 is 5.63 Å². The van der Waals surface area contributed by atoms with E-state index in [0.717, 1.165) is 50.8 Å². The molecule has 162 valence electrons. The molecule has 0 spiro atoms. The fraction of sp³-hybridized carbons (Fsp3) is 0.737. The van der Waals surface area contributed by atoms with Gasteiger partial charge in [0.25, 0.3) is 0 Å². The second-order valence-electron chi connectivity index (χ2n) is 8.13. The molecule has 1 aromatic heterocycles. The van der Waals surface area contributed by atoms with Crippen molar-refractivity contribution < 1.29 is 17.9 Å². The van der Waals surface area contributed by atoms with E-state index in [-0.39, 0.29) is 23.3 Å². The number of hydrogen-bond donors (Lipinski definition) is 1. The van der Waals surface area contributed by atoms with Crippen LogP contribution >= 0.6 is 11.8 Å². The van der Waals surface area contributed by atoms with Gasteiger partial charge in [0.05, 0.1) is 17.1 Å². The number of rotatable bonds is 5. The summed E-state index contributed by atoms with van der Waals surface area (Å²) in [5.41, 5.74) is 0.511. The van der Waals surface area contributed by atoms with Gasteiger partial charge in [-0.25, -0.2) is 13.2 Å². The molecule has 8 nitrogen and oxygen atoms in total. The monoisotopic (exact) mass is 443 g/mol. The number of sulfone groups is 1. The van der Waals surface area contributed by atoms with Gasteiger partial charge < -0.3 is 9.52 Å². The fourth-order valence-electron chi connectivity index (χ4n) is 4.37. The average Bonchev–Trinajstić information content (AvgIpc) is 3.08. The fourth-order valence-corrected chi connectivity index (χ4v) is 7.11. The van der Waals surface area contributed by atoms with Gasteiger partial charge in [-0.1, -0.05) is 0 Å². The number of hydrogen-bond acceptors (Lipinski definition) is 9. The van der Waals surface area contributed by atoms with Gasteiger partial charge in [0.2, 0.25) is 0 Å².